The molecule has 6 heteroatoms. The number of nitrogens with zero attached hydrogens (tertiary/aromatic N) is 4. The fourth-order valence-electron chi connectivity index (χ4n) is 6.18. The summed E-state index contributed by atoms with van der Waals surface area (Å²) >= 11 is 0. The average molecular weight is 593 g/mol. The molecule has 0 bridgehead atoms. The molecule has 6 nitrogen and oxygen atoms in total. The van der Waals surface area contributed by atoms with E-state index in [0.29, 0.717) is 0 Å². The first kappa shape index (κ1) is 28.4. The number of pyridine rings is 1. The highest BCUT2D eigenvalue weighted by Gasteiger charge is 2.18. The number of fused-ring (bicyclic) bond motifs is 3. The summed E-state index contributed by atoms with van der Waals surface area (Å²) in [6, 6.07) is 31.2. The fourth-order valence-corrected chi connectivity index (χ4v) is 6.18. The molecule has 45 heavy (non-hydrogen) atoms. The number of methoxy groups -OCH3 is 1. The molecule has 0 radical (unpaired) electrons. The Morgan fingerprint density at radius 2 is 1.47 bits per heavy atom. The summed E-state index contributed by atoms with van der Waals surface area (Å²) in [5.74, 6) is 3.24. The lowest BCUT2D eigenvalue weighted by molar-refractivity contribution is 0.414. The Kier molecular flexibility index (Phi) is 6.93. The van der Waals surface area contributed by atoms with Crippen LogP contribution in [0.1, 0.15) is 37.5 Å². The quantitative estimate of drug-likeness (QED) is 0.193. The minimum atomic E-state index is 0.0113. The highest BCUT2D eigenvalue weighted by molar-refractivity contribution is 6.09. The smallest absolute Gasteiger partial charge is 0.137 e. The number of hydrogen-bond donors (Lipinski definition) is 0. The van der Waals surface area contributed by atoms with E-state index in [1.165, 1.54) is 16.5 Å². The molecule has 7 rings (SSSR count). The molecule has 3 heterocycles. The number of ether oxygens (including phenoxy) is 2. The van der Waals surface area contributed by atoms with E-state index in [0.717, 1.165) is 61.9 Å². The van der Waals surface area contributed by atoms with Crippen LogP contribution in [0, 0.1) is 13.8 Å². The molecule has 224 valence electrons. The van der Waals surface area contributed by atoms with E-state index in [4.69, 9.17) is 14.5 Å². The lowest BCUT2D eigenvalue weighted by Crippen LogP contribution is -2.12. The molecule has 0 N–H and O–H groups in total. The van der Waals surface area contributed by atoms with Crippen molar-refractivity contribution in [1.82, 2.24) is 19.3 Å². The van der Waals surface area contributed by atoms with Gasteiger partial charge in [0.25, 0.3) is 0 Å². The highest BCUT2D eigenvalue weighted by atomic mass is 16.5. The van der Waals surface area contributed by atoms with Crippen LogP contribution in [0.4, 0.5) is 0 Å². The molecule has 0 saturated carbocycles. The Morgan fingerprint density at radius 3 is 2.24 bits per heavy atom. The van der Waals surface area contributed by atoms with Crippen molar-refractivity contribution in [1.29, 1.82) is 0 Å². The average Bonchev–Trinajstić information content (AvgIpc) is 3.63. The summed E-state index contributed by atoms with van der Waals surface area (Å²) in [5.41, 5.74) is 8.85. The fraction of sp³-hybridized carbons (Fsp3) is 0.179. The van der Waals surface area contributed by atoms with Crippen LogP contribution in [0.3, 0.4) is 0 Å². The van der Waals surface area contributed by atoms with Gasteiger partial charge in [-0.25, -0.2) is 9.67 Å². The van der Waals surface area contributed by atoms with Crippen molar-refractivity contribution >= 4 is 21.8 Å². The first-order valence-electron chi connectivity index (χ1n) is 15.2. The molecule has 0 fully saturated rings. The molecular weight excluding hydrogens is 556 g/mol. The molecule has 3 aromatic heterocycles. The van der Waals surface area contributed by atoms with Gasteiger partial charge in [-0.1, -0.05) is 45.0 Å². The zero-order chi connectivity index (χ0) is 31.3. The first-order valence-corrected chi connectivity index (χ1v) is 15.2. The molecule has 7 aromatic rings. The van der Waals surface area contributed by atoms with Gasteiger partial charge < -0.3 is 9.47 Å². The van der Waals surface area contributed by atoms with Gasteiger partial charge >= 0.3 is 0 Å². The van der Waals surface area contributed by atoms with Gasteiger partial charge in [0, 0.05) is 40.9 Å². The van der Waals surface area contributed by atoms with Crippen LogP contribution < -0.4 is 9.47 Å². The van der Waals surface area contributed by atoms with Crippen LogP contribution in [-0.2, 0) is 5.41 Å². The molecule has 0 spiro atoms. The number of aromatic nitrogens is 4. The van der Waals surface area contributed by atoms with Gasteiger partial charge in [0.2, 0.25) is 0 Å². The van der Waals surface area contributed by atoms with E-state index in [-0.39, 0.29) is 5.41 Å². The van der Waals surface area contributed by atoms with Crippen molar-refractivity contribution in [3.63, 3.8) is 0 Å². The zero-order valence-corrected chi connectivity index (χ0v) is 26.5. The van der Waals surface area contributed by atoms with E-state index >= 15 is 0 Å². The zero-order valence-electron chi connectivity index (χ0n) is 26.5. The lowest BCUT2D eigenvalue weighted by atomic mass is 9.88. The normalized spacial score (nSPS) is 11.8. The van der Waals surface area contributed by atoms with Gasteiger partial charge in [-0.05, 0) is 96.1 Å². The second-order valence-corrected chi connectivity index (χ2v) is 12.6. The van der Waals surface area contributed by atoms with Crippen LogP contribution >= 0.6 is 0 Å². The largest absolute Gasteiger partial charge is 0.497 e. The number of para-hydroxylation sites is 1. The maximum atomic E-state index is 6.48. The summed E-state index contributed by atoms with van der Waals surface area (Å²) in [7, 11) is 1.70. The van der Waals surface area contributed by atoms with Crippen LogP contribution in [-0.4, -0.2) is 26.4 Å². The van der Waals surface area contributed by atoms with Crippen molar-refractivity contribution in [2.75, 3.05) is 7.11 Å². The van der Waals surface area contributed by atoms with E-state index in [1.807, 2.05) is 47.4 Å². The predicted octanol–water partition coefficient (Wildman–Crippen LogP) is 9.75. The Bertz CT molecular complexity index is 2180. The SMILES string of the molecule is COc1cc(C)c(-c2cnn(-c3cccc(Oc4ccc5c6ccccc6n(-c6cc(C(C)(C)C)ccn6)c5c4)c3)c2)c(C)c1. The summed E-state index contributed by atoms with van der Waals surface area (Å²) in [5, 5.41) is 7.03. The molecule has 0 atom stereocenters. The highest BCUT2D eigenvalue weighted by Crippen LogP contribution is 2.36. The minimum Gasteiger partial charge on any atom is -0.497 e. The van der Waals surface area contributed by atoms with E-state index in [1.54, 1.807) is 7.11 Å². The van der Waals surface area contributed by atoms with Gasteiger partial charge in [-0.3, -0.25) is 4.57 Å². The molecule has 0 aliphatic heterocycles. The van der Waals surface area contributed by atoms with Crippen molar-refractivity contribution in [3.05, 3.63) is 126 Å². The second kappa shape index (κ2) is 11.0. The Hall–Kier alpha value is -5.36. The summed E-state index contributed by atoms with van der Waals surface area (Å²) in [6.07, 6.45) is 5.87. The van der Waals surface area contributed by atoms with Crippen LogP contribution in [0.25, 0.3) is 44.4 Å². The Labute approximate surface area is 263 Å². The molecule has 0 unspecified atom stereocenters. The van der Waals surface area contributed by atoms with Gasteiger partial charge in [-0.2, -0.15) is 5.10 Å². The van der Waals surface area contributed by atoms with Crippen molar-refractivity contribution in [3.8, 4) is 39.9 Å². The van der Waals surface area contributed by atoms with Crippen molar-refractivity contribution < 1.29 is 9.47 Å². The third-order valence-electron chi connectivity index (χ3n) is 8.42. The molecule has 0 aliphatic carbocycles. The standard InChI is InChI=1S/C39H36N4O2/c1-25-18-32(44-6)19-26(2)38(25)27-23-41-42(24-27)29-10-9-11-30(21-29)45-31-14-15-34-33-12-7-8-13-35(33)43(36(34)22-31)37-20-28(16-17-40-37)39(3,4)5/h7-24H,1-6H3. The Morgan fingerprint density at radius 1 is 0.711 bits per heavy atom. The topological polar surface area (TPSA) is 54.1 Å². The third-order valence-corrected chi connectivity index (χ3v) is 8.42. The van der Waals surface area contributed by atoms with Gasteiger partial charge in [0.15, 0.2) is 0 Å². The van der Waals surface area contributed by atoms with Crippen molar-refractivity contribution in [2.24, 2.45) is 0 Å². The van der Waals surface area contributed by atoms with Crippen LogP contribution in [0.15, 0.2) is 110 Å². The Balaban J connectivity index is 1.24. The van der Waals surface area contributed by atoms with Gasteiger partial charge in [0.1, 0.15) is 23.1 Å². The maximum Gasteiger partial charge on any atom is 0.137 e. The summed E-state index contributed by atoms with van der Waals surface area (Å²) in [6.45, 7) is 10.9. The minimum absolute atomic E-state index is 0.0113. The molecule has 0 saturated heterocycles. The molecular formula is C39H36N4O2. The van der Waals surface area contributed by atoms with Crippen molar-refractivity contribution in [2.45, 2.75) is 40.0 Å². The maximum absolute atomic E-state index is 6.48. The summed E-state index contributed by atoms with van der Waals surface area (Å²) < 4.78 is 16.1. The molecule has 0 amide bonds. The second-order valence-electron chi connectivity index (χ2n) is 12.6. The van der Waals surface area contributed by atoms with Crippen LogP contribution in [0.5, 0.6) is 17.2 Å². The predicted molar refractivity (Wildman–Crippen MR) is 182 cm³/mol. The number of benzene rings is 4. The summed E-state index contributed by atoms with van der Waals surface area (Å²) in [4.78, 5) is 4.80. The van der Waals surface area contributed by atoms with Gasteiger partial charge in [0.05, 0.1) is 30.0 Å². The van der Waals surface area contributed by atoms with E-state index < -0.39 is 0 Å². The van der Waals surface area contributed by atoms with Gasteiger partial charge in [-0.15, -0.1) is 0 Å². The third kappa shape index (κ3) is 5.22. The van der Waals surface area contributed by atoms with E-state index in [2.05, 4.69) is 111 Å². The molecule has 0 aliphatic rings. The molecule has 4 aromatic carbocycles. The number of hydrogen-bond acceptors (Lipinski definition) is 4. The van der Waals surface area contributed by atoms with E-state index in [9.17, 15) is 0 Å². The lowest BCUT2D eigenvalue weighted by Gasteiger charge is -2.20. The first-order chi connectivity index (χ1) is 21.7. The number of aryl methyl sites for hydroxylation is 2. The number of rotatable bonds is 6. The van der Waals surface area contributed by atoms with Crippen LogP contribution in [0.2, 0.25) is 0 Å². The monoisotopic (exact) mass is 592 g/mol.